The summed E-state index contributed by atoms with van der Waals surface area (Å²) in [6.45, 7) is 1.11. The van der Waals surface area contributed by atoms with Crippen molar-refractivity contribution in [3.63, 3.8) is 0 Å². The molecule has 0 bridgehead atoms. The van der Waals surface area contributed by atoms with Gasteiger partial charge in [0.1, 0.15) is 0 Å². The maximum atomic E-state index is 9.23. The normalized spacial score (nSPS) is 27.4. The first kappa shape index (κ1) is 15.9. The summed E-state index contributed by atoms with van der Waals surface area (Å²) < 4.78 is 5.51. The third-order valence-electron chi connectivity index (χ3n) is 5.53. The summed E-state index contributed by atoms with van der Waals surface area (Å²) in [4.78, 5) is 6.99. The van der Waals surface area contributed by atoms with Crippen molar-refractivity contribution in [2.24, 2.45) is 5.92 Å². The standard InChI is InChI=1S/C17H29N3O2/c1-20(15-9-7-13(12-21)8-10-15)11-16-18-17(22-19-16)14-5-3-2-4-6-14/h13-15,21H,2-12H2,1H3. The van der Waals surface area contributed by atoms with E-state index in [1.165, 1.54) is 32.1 Å². The van der Waals surface area contributed by atoms with Gasteiger partial charge in [0.25, 0.3) is 0 Å². The molecule has 124 valence electrons. The number of aliphatic hydroxyl groups is 1. The summed E-state index contributed by atoms with van der Waals surface area (Å²) in [5.74, 6) is 2.67. The van der Waals surface area contributed by atoms with E-state index in [4.69, 9.17) is 4.52 Å². The van der Waals surface area contributed by atoms with E-state index >= 15 is 0 Å². The molecule has 5 heteroatoms. The Kier molecular flexibility index (Phi) is 5.47. The SMILES string of the molecule is CN(Cc1noc(C2CCCCC2)n1)C1CCC(CO)CC1. The Morgan fingerprint density at radius 3 is 2.50 bits per heavy atom. The molecule has 0 radical (unpaired) electrons. The van der Waals surface area contributed by atoms with Crippen molar-refractivity contribution in [2.45, 2.75) is 76.3 Å². The van der Waals surface area contributed by atoms with Crippen molar-refractivity contribution in [1.29, 1.82) is 0 Å². The van der Waals surface area contributed by atoms with Gasteiger partial charge in [0, 0.05) is 18.6 Å². The van der Waals surface area contributed by atoms with E-state index in [9.17, 15) is 5.11 Å². The summed E-state index contributed by atoms with van der Waals surface area (Å²) in [5.41, 5.74) is 0. The Bertz CT molecular complexity index is 449. The lowest BCUT2D eigenvalue weighted by atomic mass is 9.86. The molecular weight excluding hydrogens is 278 g/mol. The zero-order valence-electron chi connectivity index (χ0n) is 13.7. The smallest absolute Gasteiger partial charge is 0.229 e. The molecular formula is C17H29N3O2. The fourth-order valence-electron chi connectivity index (χ4n) is 3.97. The summed E-state index contributed by atoms with van der Waals surface area (Å²) in [7, 11) is 2.15. The van der Waals surface area contributed by atoms with Crippen molar-refractivity contribution in [3.05, 3.63) is 11.7 Å². The summed E-state index contributed by atoms with van der Waals surface area (Å²) >= 11 is 0. The quantitative estimate of drug-likeness (QED) is 0.905. The molecule has 0 aliphatic heterocycles. The molecule has 0 unspecified atom stereocenters. The van der Waals surface area contributed by atoms with Crippen LogP contribution < -0.4 is 0 Å². The number of hydrogen-bond donors (Lipinski definition) is 1. The van der Waals surface area contributed by atoms with E-state index in [2.05, 4.69) is 22.1 Å². The Hall–Kier alpha value is -0.940. The minimum Gasteiger partial charge on any atom is -0.396 e. The van der Waals surface area contributed by atoms with Gasteiger partial charge in [0.05, 0.1) is 6.54 Å². The van der Waals surface area contributed by atoms with Gasteiger partial charge >= 0.3 is 0 Å². The van der Waals surface area contributed by atoms with Gasteiger partial charge < -0.3 is 9.63 Å². The molecule has 5 nitrogen and oxygen atoms in total. The molecule has 1 aromatic rings. The van der Waals surface area contributed by atoms with Gasteiger partial charge in [-0.1, -0.05) is 24.4 Å². The maximum absolute atomic E-state index is 9.23. The average Bonchev–Trinajstić information content (AvgIpc) is 3.04. The topological polar surface area (TPSA) is 62.4 Å². The monoisotopic (exact) mass is 307 g/mol. The fourth-order valence-corrected chi connectivity index (χ4v) is 3.97. The third kappa shape index (κ3) is 3.87. The van der Waals surface area contributed by atoms with Gasteiger partial charge in [-0.15, -0.1) is 0 Å². The van der Waals surface area contributed by atoms with Crippen LogP contribution in [0.15, 0.2) is 4.52 Å². The minimum absolute atomic E-state index is 0.339. The highest BCUT2D eigenvalue weighted by molar-refractivity contribution is 4.96. The van der Waals surface area contributed by atoms with Crippen LogP contribution in [0.2, 0.25) is 0 Å². The van der Waals surface area contributed by atoms with Crippen LogP contribution >= 0.6 is 0 Å². The van der Waals surface area contributed by atoms with Crippen LogP contribution in [0.3, 0.4) is 0 Å². The number of rotatable bonds is 5. The van der Waals surface area contributed by atoms with Gasteiger partial charge in [0.2, 0.25) is 5.89 Å². The van der Waals surface area contributed by atoms with E-state index in [1.54, 1.807) is 0 Å². The van der Waals surface area contributed by atoms with Gasteiger partial charge in [-0.2, -0.15) is 4.98 Å². The second-order valence-electron chi connectivity index (χ2n) is 7.16. The molecule has 2 saturated carbocycles. The molecule has 0 atom stereocenters. The first-order valence-corrected chi connectivity index (χ1v) is 8.90. The van der Waals surface area contributed by atoms with Gasteiger partial charge in [-0.05, 0) is 51.5 Å². The molecule has 1 N–H and O–H groups in total. The third-order valence-corrected chi connectivity index (χ3v) is 5.53. The predicted molar refractivity (Wildman–Crippen MR) is 84.4 cm³/mol. The molecule has 1 heterocycles. The average molecular weight is 307 g/mol. The summed E-state index contributed by atoms with van der Waals surface area (Å²) in [6.07, 6.45) is 10.9. The molecule has 3 rings (SSSR count). The van der Waals surface area contributed by atoms with Gasteiger partial charge in [-0.3, -0.25) is 4.90 Å². The second kappa shape index (κ2) is 7.55. The number of aromatic nitrogens is 2. The predicted octanol–water partition coefficient (Wildman–Crippen LogP) is 3.10. The molecule has 1 aromatic heterocycles. The molecule has 2 aliphatic carbocycles. The second-order valence-corrected chi connectivity index (χ2v) is 7.16. The van der Waals surface area contributed by atoms with Crippen LogP contribution in [-0.2, 0) is 6.54 Å². The number of hydrogen-bond acceptors (Lipinski definition) is 5. The van der Waals surface area contributed by atoms with Crippen LogP contribution in [0.25, 0.3) is 0 Å². The Labute approximate surface area is 133 Å². The first-order valence-electron chi connectivity index (χ1n) is 8.90. The molecule has 0 spiro atoms. The van der Waals surface area contributed by atoms with Crippen molar-refractivity contribution < 1.29 is 9.63 Å². The highest BCUT2D eigenvalue weighted by Crippen LogP contribution is 2.32. The molecule has 2 aliphatic rings. The van der Waals surface area contributed by atoms with E-state index < -0.39 is 0 Å². The van der Waals surface area contributed by atoms with Crippen LogP contribution in [0.4, 0.5) is 0 Å². The Morgan fingerprint density at radius 1 is 1.09 bits per heavy atom. The maximum Gasteiger partial charge on any atom is 0.229 e. The Morgan fingerprint density at radius 2 is 1.82 bits per heavy atom. The number of nitrogens with zero attached hydrogens (tertiary/aromatic N) is 3. The van der Waals surface area contributed by atoms with E-state index in [1.807, 2.05) is 0 Å². The van der Waals surface area contributed by atoms with Crippen LogP contribution in [0.5, 0.6) is 0 Å². The van der Waals surface area contributed by atoms with E-state index in [-0.39, 0.29) is 0 Å². The fraction of sp³-hybridized carbons (Fsp3) is 0.882. The lowest BCUT2D eigenvalue weighted by molar-refractivity contribution is 0.122. The molecule has 22 heavy (non-hydrogen) atoms. The van der Waals surface area contributed by atoms with Crippen molar-refractivity contribution in [2.75, 3.05) is 13.7 Å². The zero-order valence-corrected chi connectivity index (χ0v) is 13.7. The van der Waals surface area contributed by atoms with Gasteiger partial charge in [-0.25, -0.2) is 0 Å². The van der Waals surface area contributed by atoms with E-state index in [0.29, 0.717) is 24.5 Å². The van der Waals surface area contributed by atoms with Crippen molar-refractivity contribution in [1.82, 2.24) is 15.0 Å². The zero-order chi connectivity index (χ0) is 15.4. The molecule has 0 saturated heterocycles. The number of aliphatic hydroxyl groups excluding tert-OH is 1. The summed E-state index contributed by atoms with van der Waals surface area (Å²) in [6, 6.07) is 0.583. The van der Waals surface area contributed by atoms with Gasteiger partial charge in [0.15, 0.2) is 5.82 Å². The van der Waals surface area contributed by atoms with Crippen LogP contribution in [0.1, 0.15) is 75.4 Å². The lowest BCUT2D eigenvalue weighted by Crippen LogP contribution is -2.35. The molecule has 0 aromatic carbocycles. The summed E-state index contributed by atoms with van der Waals surface area (Å²) in [5, 5.41) is 13.4. The molecule has 0 amide bonds. The largest absolute Gasteiger partial charge is 0.396 e. The van der Waals surface area contributed by atoms with Crippen LogP contribution in [0, 0.1) is 5.92 Å². The minimum atomic E-state index is 0.339. The van der Waals surface area contributed by atoms with Crippen LogP contribution in [-0.4, -0.2) is 39.8 Å². The highest BCUT2D eigenvalue weighted by atomic mass is 16.5. The van der Waals surface area contributed by atoms with Crippen molar-refractivity contribution in [3.8, 4) is 0 Å². The van der Waals surface area contributed by atoms with Crippen molar-refractivity contribution >= 4 is 0 Å². The highest BCUT2D eigenvalue weighted by Gasteiger charge is 2.25. The Balaban J connectivity index is 1.51. The molecule has 2 fully saturated rings. The first-order chi connectivity index (χ1) is 10.8. The van der Waals surface area contributed by atoms with E-state index in [0.717, 1.165) is 43.9 Å². The lowest BCUT2D eigenvalue weighted by Gasteiger charge is -2.33.